The van der Waals surface area contributed by atoms with Gasteiger partial charge in [-0.25, -0.2) is 0 Å². The lowest BCUT2D eigenvalue weighted by molar-refractivity contribution is -0.136. The van der Waals surface area contributed by atoms with Gasteiger partial charge in [0, 0.05) is 6.54 Å². The first-order chi connectivity index (χ1) is 10.9. The van der Waals surface area contributed by atoms with E-state index < -0.39 is 11.8 Å². The van der Waals surface area contributed by atoms with Gasteiger partial charge in [-0.3, -0.25) is 9.59 Å². The first kappa shape index (κ1) is 19.5. The zero-order valence-electron chi connectivity index (χ0n) is 14.3. The van der Waals surface area contributed by atoms with E-state index in [-0.39, 0.29) is 0 Å². The molecule has 2 amide bonds. The molecule has 1 aromatic carbocycles. The van der Waals surface area contributed by atoms with E-state index in [4.69, 9.17) is 11.6 Å². The summed E-state index contributed by atoms with van der Waals surface area (Å²) in [5.74, 6) is -1.33. The standard InChI is InChI=1S/C17H26ClN3O2/c1-5-21(6-2)9-7-8-19-16(22)17(23)20-15-13(4)10-12(3)11-14(15)18/h10-11H,5-9H2,1-4H3,(H,19,22)(H,20,23). The number of rotatable bonds is 7. The van der Waals surface area contributed by atoms with E-state index in [1.165, 1.54) is 0 Å². The topological polar surface area (TPSA) is 61.4 Å². The average Bonchev–Trinajstić information content (AvgIpc) is 2.50. The predicted molar refractivity (Wildman–Crippen MR) is 95.0 cm³/mol. The molecule has 0 aliphatic heterocycles. The minimum Gasteiger partial charge on any atom is -0.348 e. The summed E-state index contributed by atoms with van der Waals surface area (Å²) >= 11 is 6.13. The van der Waals surface area contributed by atoms with Gasteiger partial charge in [0.15, 0.2) is 0 Å². The van der Waals surface area contributed by atoms with E-state index in [0.29, 0.717) is 17.3 Å². The number of hydrogen-bond acceptors (Lipinski definition) is 3. The van der Waals surface area contributed by atoms with Crippen molar-refractivity contribution in [2.45, 2.75) is 34.1 Å². The largest absolute Gasteiger partial charge is 0.348 e. The number of halogens is 1. The van der Waals surface area contributed by atoms with Crippen molar-refractivity contribution in [3.05, 3.63) is 28.3 Å². The fourth-order valence-corrected chi connectivity index (χ4v) is 2.74. The third-order valence-corrected chi connectivity index (χ3v) is 4.01. The highest BCUT2D eigenvalue weighted by molar-refractivity contribution is 6.41. The summed E-state index contributed by atoms with van der Waals surface area (Å²) < 4.78 is 0. The fraction of sp³-hybridized carbons (Fsp3) is 0.529. The first-order valence-electron chi connectivity index (χ1n) is 7.97. The summed E-state index contributed by atoms with van der Waals surface area (Å²) in [5, 5.41) is 5.66. The minimum absolute atomic E-state index is 0.435. The van der Waals surface area contributed by atoms with Crippen molar-refractivity contribution in [3.63, 3.8) is 0 Å². The molecule has 1 rings (SSSR count). The second kappa shape index (κ2) is 9.53. The molecule has 0 saturated carbocycles. The Morgan fingerprint density at radius 1 is 1.13 bits per heavy atom. The maximum Gasteiger partial charge on any atom is 0.313 e. The number of carbonyl (C=O) groups excluding carboxylic acids is 2. The van der Waals surface area contributed by atoms with Gasteiger partial charge >= 0.3 is 11.8 Å². The van der Waals surface area contributed by atoms with Crippen molar-refractivity contribution >= 4 is 29.1 Å². The average molecular weight is 340 g/mol. The van der Waals surface area contributed by atoms with E-state index in [9.17, 15) is 9.59 Å². The van der Waals surface area contributed by atoms with Crippen molar-refractivity contribution in [1.82, 2.24) is 10.2 Å². The van der Waals surface area contributed by atoms with Gasteiger partial charge < -0.3 is 15.5 Å². The number of benzene rings is 1. The summed E-state index contributed by atoms with van der Waals surface area (Å²) in [6, 6.07) is 3.66. The summed E-state index contributed by atoms with van der Waals surface area (Å²) in [7, 11) is 0. The Balaban J connectivity index is 2.48. The lowest BCUT2D eigenvalue weighted by atomic mass is 10.1. The summed E-state index contributed by atoms with van der Waals surface area (Å²) in [4.78, 5) is 26.1. The van der Waals surface area contributed by atoms with Crippen LogP contribution >= 0.6 is 11.6 Å². The van der Waals surface area contributed by atoms with Gasteiger partial charge in [-0.15, -0.1) is 0 Å². The molecule has 0 aliphatic rings. The number of amides is 2. The molecule has 0 saturated heterocycles. The molecule has 2 N–H and O–H groups in total. The molecule has 1 aromatic rings. The Bertz CT molecular complexity index is 534. The predicted octanol–water partition coefficient (Wildman–Crippen LogP) is 2.74. The van der Waals surface area contributed by atoms with Crippen LogP contribution < -0.4 is 10.6 Å². The van der Waals surface area contributed by atoms with E-state index in [1.54, 1.807) is 6.07 Å². The normalized spacial score (nSPS) is 10.7. The number of aryl methyl sites for hydroxylation is 2. The summed E-state index contributed by atoms with van der Waals surface area (Å²) in [6.45, 7) is 11.3. The first-order valence-corrected chi connectivity index (χ1v) is 8.35. The van der Waals surface area contributed by atoms with Crippen LogP contribution in [0.1, 0.15) is 31.4 Å². The van der Waals surface area contributed by atoms with Gasteiger partial charge in [0.05, 0.1) is 10.7 Å². The molecular formula is C17H26ClN3O2. The second-order valence-electron chi connectivity index (χ2n) is 5.53. The Morgan fingerprint density at radius 3 is 2.35 bits per heavy atom. The van der Waals surface area contributed by atoms with Crippen LogP contribution in [0.5, 0.6) is 0 Å². The van der Waals surface area contributed by atoms with Crippen LogP contribution in [0.15, 0.2) is 12.1 Å². The van der Waals surface area contributed by atoms with Crippen molar-refractivity contribution in [1.29, 1.82) is 0 Å². The van der Waals surface area contributed by atoms with Crippen LogP contribution in [0.25, 0.3) is 0 Å². The van der Waals surface area contributed by atoms with Gasteiger partial charge in [-0.1, -0.05) is 31.5 Å². The van der Waals surface area contributed by atoms with Crippen LogP contribution in [0.2, 0.25) is 5.02 Å². The Morgan fingerprint density at radius 2 is 1.78 bits per heavy atom. The second-order valence-corrected chi connectivity index (χ2v) is 5.94. The molecule has 0 fully saturated rings. The van der Waals surface area contributed by atoms with Crippen LogP contribution in [-0.2, 0) is 9.59 Å². The molecule has 23 heavy (non-hydrogen) atoms. The number of nitrogens with zero attached hydrogens (tertiary/aromatic N) is 1. The minimum atomic E-state index is -0.693. The quantitative estimate of drug-likeness (QED) is 0.593. The zero-order chi connectivity index (χ0) is 17.4. The molecule has 128 valence electrons. The number of carbonyl (C=O) groups is 2. The van der Waals surface area contributed by atoms with Gasteiger partial charge in [0.1, 0.15) is 0 Å². The molecule has 0 bridgehead atoms. The molecule has 5 nitrogen and oxygen atoms in total. The molecule has 6 heteroatoms. The van der Waals surface area contributed by atoms with Crippen molar-refractivity contribution in [3.8, 4) is 0 Å². The molecule has 0 aromatic heterocycles. The highest BCUT2D eigenvalue weighted by Gasteiger charge is 2.16. The van der Waals surface area contributed by atoms with Crippen molar-refractivity contribution in [2.75, 3.05) is 31.5 Å². The highest BCUT2D eigenvalue weighted by atomic mass is 35.5. The van der Waals surface area contributed by atoms with E-state index in [2.05, 4.69) is 29.4 Å². The Kier molecular flexibility index (Phi) is 8.06. The molecule has 0 radical (unpaired) electrons. The van der Waals surface area contributed by atoms with Crippen LogP contribution in [0, 0.1) is 13.8 Å². The monoisotopic (exact) mass is 339 g/mol. The number of nitrogens with one attached hydrogen (secondary N) is 2. The van der Waals surface area contributed by atoms with E-state index in [1.807, 2.05) is 19.9 Å². The zero-order valence-corrected chi connectivity index (χ0v) is 15.1. The van der Waals surface area contributed by atoms with Gasteiger partial charge in [0.25, 0.3) is 0 Å². The SMILES string of the molecule is CCN(CC)CCCNC(=O)C(=O)Nc1c(C)cc(C)cc1Cl. The smallest absolute Gasteiger partial charge is 0.313 e. The van der Waals surface area contributed by atoms with Gasteiger partial charge in [-0.2, -0.15) is 0 Å². The fourth-order valence-electron chi connectivity index (χ4n) is 2.37. The van der Waals surface area contributed by atoms with Gasteiger partial charge in [-0.05, 0) is 57.1 Å². The lowest BCUT2D eigenvalue weighted by Crippen LogP contribution is -2.37. The Labute approximate surface area is 143 Å². The van der Waals surface area contributed by atoms with Crippen LogP contribution in [0.4, 0.5) is 5.69 Å². The maximum atomic E-state index is 12.0. The third-order valence-electron chi connectivity index (χ3n) is 3.71. The molecular weight excluding hydrogens is 314 g/mol. The third kappa shape index (κ3) is 6.20. The van der Waals surface area contributed by atoms with Crippen LogP contribution in [0.3, 0.4) is 0 Å². The maximum absolute atomic E-state index is 12.0. The lowest BCUT2D eigenvalue weighted by Gasteiger charge is -2.17. The van der Waals surface area contributed by atoms with Crippen molar-refractivity contribution < 1.29 is 9.59 Å². The van der Waals surface area contributed by atoms with Gasteiger partial charge in [0.2, 0.25) is 0 Å². The molecule has 0 spiro atoms. The van der Waals surface area contributed by atoms with E-state index >= 15 is 0 Å². The Hall–Kier alpha value is -1.59. The molecule has 0 unspecified atom stereocenters. The van der Waals surface area contributed by atoms with E-state index in [0.717, 1.165) is 37.2 Å². The molecule has 0 atom stereocenters. The summed E-state index contributed by atoms with van der Waals surface area (Å²) in [6.07, 6.45) is 0.811. The highest BCUT2D eigenvalue weighted by Crippen LogP contribution is 2.27. The van der Waals surface area contributed by atoms with Crippen LogP contribution in [-0.4, -0.2) is 42.9 Å². The molecule has 0 heterocycles. The number of hydrogen-bond donors (Lipinski definition) is 2. The number of anilines is 1. The summed E-state index contributed by atoms with van der Waals surface area (Å²) in [5.41, 5.74) is 2.32. The molecule has 0 aliphatic carbocycles. The van der Waals surface area contributed by atoms with Crippen molar-refractivity contribution in [2.24, 2.45) is 0 Å².